The predicted octanol–water partition coefficient (Wildman–Crippen LogP) is 1.64. The number of hydrogen-bond donors (Lipinski definition) is 1. The largest absolute Gasteiger partial charge is 0.369 e. The minimum Gasteiger partial charge on any atom is -0.369 e. The van der Waals surface area contributed by atoms with Gasteiger partial charge in [0, 0.05) is 0 Å². The third-order valence-electron chi connectivity index (χ3n) is 1.73. The Morgan fingerprint density at radius 2 is 2.09 bits per heavy atom. The quantitative estimate of drug-likeness (QED) is 0.690. The molecule has 3 heteroatoms. The summed E-state index contributed by atoms with van der Waals surface area (Å²) >= 11 is 1.64. The van der Waals surface area contributed by atoms with Crippen LogP contribution in [0.2, 0.25) is 0 Å². The smallest absolute Gasteiger partial charge is 0.230 e. The summed E-state index contributed by atoms with van der Waals surface area (Å²) in [6.07, 6.45) is 1.17. The number of carbonyl (C=O) groups excluding carboxylic acids is 1. The molecule has 0 aliphatic rings. The van der Waals surface area contributed by atoms with Crippen LogP contribution >= 0.6 is 11.8 Å². The first kappa shape index (κ1) is 10.8. The molecule has 11 heavy (non-hydrogen) atoms. The Labute approximate surface area is 72.9 Å². The van der Waals surface area contributed by atoms with Gasteiger partial charge in [-0.05, 0) is 18.6 Å². The molecular formula is C8H17NOS. The van der Waals surface area contributed by atoms with Crippen LogP contribution in [0.4, 0.5) is 0 Å². The summed E-state index contributed by atoms with van der Waals surface area (Å²) in [5.41, 5.74) is 5.10. The van der Waals surface area contributed by atoms with Gasteiger partial charge in [0.25, 0.3) is 0 Å². The van der Waals surface area contributed by atoms with Crippen LogP contribution in [0.15, 0.2) is 0 Å². The number of rotatable bonds is 5. The van der Waals surface area contributed by atoms with Gasteiger partial charge >= 0.3 is 0 Å². The summed E-state index contributed by atoms with van der Waals surface area (Å²) in [6.45, 7) is 6.19. The fourth-order valence-electron chi connectivity index (χ4n) is 0.509. The van der Waals surface area contributed by atoms with Gasteiger partial charge in [-0.1, -0.05) is 20.3 Å². The molecule has 0 heterocycles. The van der Waals surface area contributed by atoms with Crippen LogP contribution in [-0.2, 0) is 4.79 Å². The molecule has 0 aromatic carbocycles. The van der Waals surface area contributed by atoms with Crippen molar-refractivity contribution in [2.75, 3.05) is 5.75 Å². The lowest BCUT2D eigenvalue weighted by Crippen LogP contribution is -2.23. The molecule has 0 aromatic heterocycles. The van der Waals surface area contributed by atoms with Crippen LogP contribution in [0.5, 0.6) is 0 Å². The van der Waals surface area contributed by atoms with Gasteiger partial charge in [-0.25, -0.2) is 0 Å². The highest BCUT2D eigenvalue weighted by molar-refractivity contribution is 8.00. The van der Waals surface area contributed by atoms with Gasteiger partial charge in [-0.2, -0.15) is 0 Å². The zero-order chi connectivity index (χ0) is 8.85. The van der Waals surface area contributed by atoms with Crippen molar-refractivity contribution in [3.63, 3.8) is 0 Å². The average molecular weight is 175 g/mol. The minimum atomic E-state index is -0.210. The molecule has 1 amide bonds. The molecule has 0 radical (unpaired) electrons. The number of hydrogen-bond acceptors (Lipinski definition) is 2. The van der Waals surface area contributed by atoms with Crippen molar-refractivity contribution < 1.29 is 4.79 Å². The average Bonchev–Trinajstić information content (AvgIpc) is 1.99. The van der Waals surface area contributed by atoms with E-state index in [4.69, 9.17) is 5.73 Å². The van der Waals surface area contributed by atoms with Gasteiger partial charge in [0.2, 0.25) is 5.91 Å². The first-order valence-corrected chi connectivity index (χ1v) is 5.03. The van der Waals surface area contributed by atoms with E-state index in [0.717, 1.165) is 5.75 Å². The van der Waals surface area contributed by atoms with Crippen molar-refractivity contribution in [1.82, 2.24) is 0 Å². The Balaban J connectivity index is 3.45. The first-order valence-electron chi connectivity index (χ1n) is 3.98. The lowest BCUT2D eigenvalue weighted by molar-refractivity contribution is -0.117. The van der Waals surface area contributed by atoms with Crippen molar-refractivity contribution in [2.45, 2.75) is 32.4 Å². The van der Waals surface area contributed by atoms with E-state index in [2.05, 4.69) is 13.8 Å². The summed E-state index contributed by atoms with van der Waals surface area (Å²) in [4.78, 5) is 10.6. The Hall–Kier alpha value is -0.180. The standard InChI is InChI=1S/C8H17NOS/c1-4-6(2)5-11-7(3)8(9)10/h6-7H,4-5H2,1-3H3,(H2,9,10). The van der Waals surface area contributed by atoms with Crippen LogP contribution < -0.4 is 5.73 Å². The maximum absolute atomic E-state index is 10.6. The highest BCUT2D eigenvalue weighted by Gasteiger charge is 2.09. The number of amides is 1. The maximum Gasteiger partial charge on any atom is 0.230 e. The summed E-state index contributed by atoms with van der Waals surface area (Å²) in [5.74, 6) is 1.50. The van der Waals surface area contributed by atoms with E-state index in [0.29, 0.717) is 5.92 Å². The highest BCUT2D eigenvalue weighted by Crippen LogP contribution is 2.15. The van der Waals surface area contributed by atoms with Crippen LogP contribution in [0, 0.1) is 5.92 Å². The monoisotopic (exact) mass is 175 g/mol. The Bertz CT molecular complexity index is 127. The molecule has 0 fully saturated rings. The van der Waals surface area contributed by atoms with Gasteiger partial charge in [-0.3, -0.25) is 4.79 Å². The van der Waals surface area contributed by atoms with Crippen molar-refractivity contribution >= 4 is 17.7 Å². The molecule has 2 atom stereocenters. The second-order valence-electron chi connectivity index (χ2n) is 2.89. The van der Waals surface area contributed by atoms with E-state index in [-0.39, 0.29) is 11.2 Å². The second kappa shape index (κ2) is 5.47. The number of carbonyl (C=O) groups is 1. The van der Waals surface area contributed by atoms with Gasteiger partial charge in [0.15, 0.2) is 0 Å². The molecule has 0 aliphatic carbocycles. The van der Waals surface area contributed by atoms with E-state index < -0.39 is 0 Å². The molecule has 66 valence electrons. The van der Waals surface area contributed by atoms with Crippen LogP contribution in [0.25, 0.3) is 0 Å². The normalized spacial score (nSPS) is 15.9. The Morgan fingerprint density at radius 3 is 2.45 bits per heavy atom. The summed E-state index contributed by atoms with van der Waals surface area (Å²) in [5, 5.41) is -0.0380. The molecule has 0 rings (SSSR count). The number of nitrogens with two attached hydrogens (primary N) is 1. The van der Waals surface area contributed by atoms with Crippen LogP contribution in [0.1, 0.15) is 27.2 Å². The van der Waals surface area contributed by atoms with Crippen molar-refractivity contribution in [3.05, 3.63) is 0 Å². The Morgan fingerprint density at radius 1 is 1.55 bits per heavy atom. The van der Waals surface area contributed by atoms with E-state index >= 15 is 0 Å². The third-order valence-corrected chi connectivity index (χ3v) is 3.22. The maximum atomic E-state index is 10.6. The van der Waals surface area contributed by atoms with E-state index in [1.54, 1.807) is 11.8 Å². The molecule has 0 aliphatic heterocycles. The molecule has 0 aromatic rings. The van der Waals surface area contributed by atoms with E-state index in [1.165, 1.54) is 6.42 Å². The fraction of sp³-hybridized carbons (Fsp3) is 0.875. The van der Waals surface area contributed by atoms with Crippen molar-refractivity contribution in [1.29, 1.82) is 0 Å². The van der Waals surface area contributed by atoms with E-state index in [1.807, 2.05) is 6.92 Å². The second-order valence-corrected chi connectivity index (χ2v) is 4.27. The summed E-state index contributed by atoms with van der Waals surface area (Å²) < 4.78 is 0. The Kier molecular flexibility index (Phi) is 5.38. The van der Waals surface area contributed by atoms with Crippen molar-refractivity contribution in [3.8, 4) is 0 Å². The predicted molar refractivity (Wildman–Crippen MR) is 50.6 cm³/mol. The molecule has 2 unspecified atom stereocenters. The molecular weight excluding hydrogens is 158 g/mol. The number of thioether (sulfide) groups is 1. The fourth-order valence-corrected chi connectivity index (χ4v) is 1.53. The highest BCUT2D eigenvalue weighted by atomic mass is 32.2. The minimum absolute atomic E-state index is 0.0380. The lowest BCUT2D eigenvalue weighted by Gasteiger charge is -2.10. The summed E-state index contributed by atoms with van der Waals surface area (Å²) in [6, 6.07) is 0. The molecule has 2 N–H and O–H groups in total. The zero-order valence-electron chi connectivity index (χ0n) is 7.46. The third kappa shape index (κ3) is 5.13. The first-order chi connectivity index (χ1) is 5.07. The molecule has 0 saturated carbocycles. The number of primary amides is 1. The van der Waals surface area contributed by atoms with Crippen molar-refractivity contribution in [2.24, 2.45) is 11.7 Å². The zero-order valence-corrected chi connectivity index (χ0v) is 8.28. The van der Waals surface area contributed by atoms with Gasteiger partial charge in [0.1, 0.15) is 0 Å². The van der Waals surface area contributed by atoms with Gasteiger partial charge < -0.3 is 5.73 Å². The summed E-state index contributed by atoms with van der Waals surface area (Å²) in [7, 11) is 0. The molecule has 2 nitrogen and oxygen atoms in total. The molecule has 0 spiro atoms. The molecule has 0 saturated heterocycles. The van der Waals surface area contributed by atoms with Crippen LogP contribution in [0.3, 0.4) is 0 Å². The SMILES string of the molecule is CCC(C)CSC(C)C(N)=O. The van der Waals surface area contributed by atoms with Gasteiger partial charge in [-0.15, -0.1) is 11.8 Å². The lowest BCUT2D eigenvalue weighted by atomic mass is 10.2. The van der Waals surface area contributed by atoms with Gasteiger partial charge in [0.05, 0.1) is 5.25 Å². The topological polar surface area (TPSA) is 43.1 Å². The van der Waals surface area contributed by atoms with Crippen LogP contribution in [-0.4, -0.2) is 16.9 Å². The molecule has 0 bridgehead atoms. The van der Waals surface area contributed by atoms with E-state index in [9.17, 15) is 4.79 Å².